The second-order valence-corrected chi connectivity index (χ2v) is 6.61. The van der Waals surface area contributed by atoms with Crippen LogP contribution in [0, 0.1) is 13.8 Å². The fourth-order valence-electron chi connectivity index (χ4n) is 2.57. The molecule has 0 aliphatic heterocycles. The Morgan fingerprint density at radius 3 is 2.77 bits per heavy atom. The van der Waals surface area contributed by atoms with Gasteiger partial charge in [-0.2, -0.15) is 0 Å². The fraction of sp³-hybridized carbons (Fsp3) is 0.167. The number of halogens is 1. The standard InChI is InChI=1S/C18H16BrN3O4/c1-9-5-12(3-4-15(9)19)21-17(24)14-6-13-11(8-23)7-20-10(2)16(13)26-18(14)22-25/h3-7,23,25H,8H2,1-2H3,(H,21,24)/b22-18-. The van der Waals surface area contributed by atoms with Crippen LogP contribution in [0.3, 0.4) is 0 Å². The first-order valence-electron chi connectivity index (χ1n) is 7.73. The molecular weight excluding hydrogens is 402 g/mol. The highest BCUT2D eigenvalue weighted by Crippen LogP contribution is 2.22. The van der Waals surface area contributed by atoms with Gasteiger partial charge in [0.05, 0.1) is 12.3 Å². The average Bonchev–Trinajstić information content (AvgIpc) is 2.64. The molecule has 2 heterocycles. The number of fused-ring (bicyclic) bond motifs is 1. The Hall–Kier alpha value is -2.71. The number of rotatable bonds is 3. The number of aryl methyl sites for hydroxylation is 2. The maximum atomic E-state index is 12.7. The number of hydrogen-bond donors (Lipinski definition) is 3. The van der Waals surface area contributed by atoms with Crippen molar-refractivity contribution in [3.8, 4) is 0 Å². The van der Waals surface area contributed by atoms with Gasteiger partial charge in [-0.15, -0.1) is 0 Å². The van der Waals surface area contributed by atoms with Crippen molar-refractivity contribution in [2.45, 2.75) is 20.5 Å². The Kier molecular flexibility index (Phi) is 5.06. The third-order valence-electron chi connectivity index (χ3n) is 3.97. The zero-order valence-electron chi connectivity index (χ0n) is 14.1. The molecule has 3 aromatic rings. The molecule has 26 heavy (non-hydrogen) atoms. The van der Waals surface area contributed by atoms with E-state index in [1.165, 1.54) is 12.3 Å². The lowest BCUT2D eigenvalue weighted by Gasteiger charge is -2.10. The minimum absolute atomic E-state index is 0.0425. The summed E-state index contributed by atoms with van der Waals surface area (Å²) >= 11 is 3.41. The summed E-state index contributed by atoms with van der Waals surface area (Å²) < 4.78 is 6.49. The first-order chi connectivity index (χ1) is 12.4. The maximum absolute atomic E-state index is 12.7. The summed E-state index contributed by atoms with van der Waals surface area (Å²) in [6.45, 7) is 3.36. The number of hydrogen-bond acceptors (Lipinski definition) is 6. The monoisotopic (exact) mass is 417 g/mol. The van der Waals surface area contributed by atoms with Crippen LogP contribution in [0.15, 0.2) is 44.5 Å². The van der Waals surface area contributed by atoms with E-state index < -0.39 is 5.91 Å². The molecule has 0 bridgehead atoms. The zero-order valence-corrected chi connectivity index (χ0v) is 15.7. The van der Waals surface area contributed by atoms with E-state index in [0.717, 1.165) is 10.0 Å². The zero-order chi connectivity index (χ0) is 18.8. The van der Waals surface area contributed by atoms with Gasteiger partial charge in [-0.05, 0) is 48.8 Å². The van der Waals surface area contributed by atoms with Gasteiger partial charge in [0, 0.05) is 27.3 Å². The number of benzene rings is 1. The van der Waals surface area contributed by atoms with Crippen LogP contribution in [0.1, 0.15) is 27.2 Å². The first-order valence-corrected chi connectivity index (χ1v) is 8.52. The van der Waals surface area contributed by atoms with Crippen molar-refractivity contribution in [1.82, 2.24) is 4.98 Å². The third-order valence-corrected chi connectivity index (χ3v) is 4.86. The van der Waals surface area contributed by atoms with Crippen LogP contribution in [0.25, 0.3) is 11.0 Å². The molecule has 0 unspecified atom stereocenters. The Balaban J connectivity index is 2.11. The number of anilines is 1. The highest BCUT2D eigenvalue weighted by Gasteiger charge is 2.16. The lowest BCUT2D eigenvalue weighted by atomic mass is 10.1. The van der Waals surface area contributed by atoms with Crippen LogP contribution in [0.2, 0.25) is 0 Å². The predicted octanol–water partition coefficient (Wildman–Crippen LogP) is 3.24. The van der Waals surface area contributed by atoms with Crippen molar-refractivity contribution in [2.24, 2.45) is 5.16 Å². The van der Waals surface area contributed by atoms with E-state index in [4.69, 9.17) is 4.42 Å². The number of nitrogens with zero attached hydrogens (tertiary/aromatic N) is 2. The SMILES string of the molecule is Cc1cc(NC(=O)c2cc3c(CO)cnc(C)c3o/c2=N\O)ccc1Br. The summed E-state index contributed by atoms with van der Waals surface area (Å²) in [6, 6.07) is 6.90. The van der Waals surface area contributed by atoms with Gasteiger partial charge in [-0.3, -0.25) is 9.78 Å². The van der Waals surface area contributed by atoms with E-state index in [9.17, 15) is 15.1 Å². The van der Waals surface area contributed by atoms with Gasteiger partial charge in [0.1, 0.15) is 5.56 Å². The fourth-order valence-corrected chi connectivity index (χ4v) is 2.82. The minimum atomic E-state index is -0.497. The molecule has 0 radical (unpaired) electrons. The molecule has 0 saturated heterocycles. The van der Waals surface area contributed by atoms with Crippen LogP contribution in [0.4, 0.5) is 5.69 Å². The van der Waals surface area contributed by atoms with Gasteiger partial charge in [-0.25, -0.2) is 0 Å². The molecule has 1 amide bonds. The number of pyridine rings is 1. The quantitative estimate of drug-likeness (QED) is 0.447. The molecule has 0 saturated carbocycles. The molecule has 0 spiro atoms. The third kappa shape index (κ3) is 3.33. The summed E-state index contributed by atoms with van der Waals surface area (Å²) in [4.78, 5) is 16.8. The largest absolute Gasteiger partial charge is 0.433 e. The van der Waals surface area contributed by atoms with Crippen LogP contribution < -0.4 is 10.9 Å². The van der Waals surface area contributed by atoms with Gasteiger partial charge >= 0.3 is 0 Å². The van der Waals surface area contributed by atoms with Crippen molar-refractivity contribution < 1.29 is 19.5 Å². The molecule has 0 atom stereocenters. The van der Waals surface area contributed by atoms with Gasteiger partial charge < -0.3 is 20.0 Å². The summed E-state index contributed by atoms with van der Waals surface area (Å²) in [5, 5.41) is 25.1. The topological polar surface area (TPSA) is 108 Å². The molecule has 0 aliphatic carbocycles. The van der Waals surface area contributed by atoms with E-state index in [1.807, 2.05) is 19.1 Å². The van der Waals surface area contributed by atoms with Crippen molar-refractivity contribution in [3.05, 3.63) is 62.9 Å². The van der Waals surface area contributed by atoms with Crippen LogP contribution in [0.5, 0.6) is 0 Å². The molecule has 7 nitrogen and oxygen atoms in total. The molecule has 0 fully saturated rings. The van der Waals surface area contributed by atoms with E-state index in [2.05, 4.69) is 31.4 Å². The summed E-state index contributed by atoms with van der Waals surface area (Å²) in [5.74, 6) is -0.497. The molecule has 134 valence electrons. The molecule has 3 rings (SSSR count). The molecular formula is C18H16BrN3O4. The maximum Gasteiger partial charge on any atom is 0.268 e. The van der Waals surface area contributed by atoms with Crippen LogP contribution in [-0.2, 0) is 6.61 Å². The van der Waals surface area contributed by atoms with E-state index in [-0.39, 0.29) is 17.7 Å². The summed E-state index contributed by atoms with van der Waals surface area (Å²) in [5.41, 5.74) is 2.77. The average molecular weight is 418 g/mol. The number of carbonyl (C=O) groups excluding carboxylic acids is 1. The Labute approximate surface area is 157 Å². The number of aliphatic hydroxyl groups excluding tert-OH is 1. The summed E-state index contributed by atoms with van der Waals surface area (Å²) in [6.07, 6.45) is 1.52. The van der Waals surface area contributed by atoms with Gasteiger partial charge in [-0.1, -0.05) is 15.9 Å². The number of amides is 1. The van der Waals surface area contributed by atoms with E-state index >= 15 is 0 Å². The van der Waals surface area contributed by atoms with Gasteiger partial charge in [0.15, 0.2) is 5.58 Å². The number of aromatic nitrogens is 1. The second-order valence-electron chi connectivity index (χ2n) is 5.75. The molecule has 8 heteroatoms. The molecule has 0 aliphatic rings. The number of aliphatic hydroxyl groups is 1. The summed E-state index contributed by atoms with van der Waals surface area (Å²) in [7, 11) is 0. The van der Waals surface area contributed by atoms with Gasteiger partial charge in [0.2, 0.25) is 0 Å². The smallest absolute Gasteiger partial charge is 0.268 e. The highest BCUT2D eigenvalue weighted by atomic mass is 79.9. The number of nitrogens with one attached hydrogen (secondary N) is 1. The molecule has 1 aromatic carbocycles. The van der Waals surface area contributed by atoms with Crippen LogP contribution in [-0.4, -0.2) is 21.2 Å². The lowest BCUT2D eigenvalue weighted by Crippen LogP contribution is -2.22. The predicted molar refractivity (Wildman–Crippen MR) is 98.9 cm³/mol. The normalized spacial score (nSPS) is 11.8. The van der Waals surface area contributed by atoms with Crippen LogP contribution >= 0.6 is 15.9 Å². The van der Waals surface area contributed by atoms with E-state index in [0.29, 0.717) is 27.9 Å². The Morgan fingerprint density at radius 1 is 1.35 bits per heavy atom. The molecule has 3 N–H and O–H groups in total. The highest BCUT2D eigenvalue weighted by molar-refractivity contribution is 9.10. The van der Waals surface area contributed by atoms with Crippen molar-refractivity contribution >= 4 is 38.5 Å². The molecule has 2 aromatic heterocycles. The van der Waals surface area contributed by atoms with Gasteiger partial charge in [0.25, 0.3) is 11.5 Å². The van der Waals surface area contributed by atoms with E-state index in [1.54, 1.807) is 13.0 Å². The van der Waals surface area contributed by atoms with Crippen molar-refractivity contribution in [3.63, 3.8) is 0 Å². The van der Waals surface area contributed by atoms with Crippen molar-refractivity contribution in [2.75, 3.05) is 5.32 Å². The van der Waals surface area contributed by atoms with Crippen molar-refractivity contribution in [1.29, 1.82) is 0 Å². The number of carbonyl (C=O) groups is 1. The Bertz CT molecular complexity index is 1080. The lowest BCUT2D eigenvalue weighted by molar-refractivity contribution is 0.102. The second kappa shape index (κ2) is 7.27. The Morgan fingerprint density at radius 2 is 2.12 bits per heavy atom. The minimum Gasteiger partial charge on any atom is -0.433 e. The first kappa shape index (κ1) is 18.1.